The Morgan fingerprint density at radius 1 is 1.23 bits per heavy atom. The van der Waals surface area contributed by atoms with Gasteiger partial charge in [-0.25, -0.2) is 14.2 Å². The van der Waals surface area contributed by atoms with Crippen LogP contribution >= 0.6 is 0 Å². The van der Waals surface area contributed by atoms with Crippen molar-refractivity contribution in [1.82, 2.24) is 34.7 Å². The van der Waals surface area contributed by atoms with Gasteiger partial charge in [0.1, 0.15) is 0 Å². The Balaban J connectivity index is 1.44. The molecule has 26 heavy (non-hydrogen) atoms. The predicted octanol–water partition coefficient (Wildman–Crippen LogP) is 0.605. The standard InChI is InChI=1S/C17H19N7O2/c1-10-9-11(2)24-17(19-10)20-15(22-24)16(26)18-7-8-23-14(25)6-5-13(21-23)12-3-4-12/h5-6,9,12H,3-4,7-8H2,1-2H3,(H,18,26). The highest BCUT2D eigenvalue weighted by Crippen LogP contribution is 2.38. The molecule has 0 aliphatic heterocycles. The third kappa shape index (κ3) is 3.19. The van der Waals surface area contributed by atoms with E-state index in [1.807, 2.05) is 19.9 Å². The Hall–Kier alpha value is -3.10. The number of nitrogens with one attached hydrogen (secondary N) is 1. The van der Waals surface area contributed by atoms with Crippen LogP contribution in [0.2, 0.25) is 0 Å². The second kappa shape index (κ2) is 6.32. The molecule has 0 radical (unpaired) electrons. The zero-order valence-electron chi connectivity index (χ0n) is 14.6. The summed E-state index contributed by atoms with van der Waals surface area (Å²) in [5.41, 5.74) is 2.43. The van der Waals surface area contributed by atoms with Crippen LogP contribution in [0, 0.1) is 13.8 Å². The van der Waals surface area contributed by atoms with Crippen LogP contribution in [-0.4, -0.2) is 41.8 Å². The molecule has 0 unspecified atom stereocenters. The lowest BCUT2D eigenvalue weighted by Crippen LogP contribution is -2.32. The molecule has 0 spiro atoms. The summed E-state index contributed by atoms with van der Waals surface area (Å²) in [5.74, 6) is 0.512. The Morgan fingerprint density at radius 3 is 2.81 bits per heavy atom. The van der Waals surface area contributed by atoms with Crippen LogP contribution in [0.4, 0.5) is 0 Å². The number of hydrogen-bond acceptors (Lipinski definition) is 6. The first-order valence-electron chi connectivity index (χ1n) is 8.58. The Labute approximate surface area is 149 Å². The van der Waals surface area contributed by atoms with Crippen LogP contribution in [0.3, 0.4) is 0 Å². The molecule has 1 saturated carbocycles. The van der Waals surface area contributed by atoms with Gasteiger partial charge in [0, 0.05) is 29.9 Å². The molecule has 1 amide bonds. The zero-order valence-corrected chi connectivity index (χ0v) is 14.6. The van der Waals surface area contributed by atoms with Crippen molar-refractivity contribution < 1.29 is 4.79 Å². The molecule has 1 N–H and O–H groups in total. The van der Waals surface area contributed by atoms with E-state index in [2.05, 4.69) is 25.5 Å². The highest BCUT2D eigenvalue weighted by molar-refractivity contribution is 5.90. The van der Waals surface area contributed by atoms with Gasteiger partial charge in [-0.05, 0) is 38.8 Å². The van der Waals surface area contributed by atoms with Gasteiger partial charge < -0.3 is 5.32 Å². The van der Waals surface area contributed by atoms with Gasteiger partial charge in [0.05, 0.1) is 12.2 Å². The minimum Gasteiger partial charge on any atom is -0.347 e. The smallest absolute Gasteiger partial charge is 0.291 e. The second-order valence-electron chi connectivity index (χ2n) is 6.54. The van der Waals surface area contributed by atoms with Crippen molar-refractivity contribution in [1.29, 1.82) is 0 Å². The number of hydrogen-bond donors (Lipinski definition) is 1. The normalized spacial score (nSPS) is 13.9. The van der Waals surface area contributed by atoms with Gasteiger partial charge in [-0.1, -0.05) is 0 Å². The molecule has 1 aliphatic carbocycles. The molecular weight excluding hydrogens is 334 g/mol. The maximum Gasteiger partial charge on any atom is 0.291 e. The van der Waals surface area contributed by atoms with Crippen LogP contribution < -0.4 is 10.9 Å². The number of aromatic nitrogens is 6. The summed E-state index contributed by atoms with van der Waals surface area (Å²) in [5, 5.41) is 11.3. The maximum atomic E-state index is 12.3. The number of fused-ring (bicyclic) bond motifs is 1. The molecule has 0 aromatic carbocycles. The highest BCUT2D eigenvalue weighted by atomic mass is 16.2. The van der Waals surface area contributed by atoms with E-state index in [4.69, 9.17) is 0 Å². The Bertz CT molecular complexity index is 1050. The summed E-state index contributed by atoms with van der Waals surface area (Å²) in [4.78, 5) is 32.6. The van der Waals surface area contributed by atoms with Gasteiger partial charge in [-0.3, -0.25) is 9.59 Å². The van der Waals surface area contributed by atoms with Crippen molar-refractivity contribution >= 4 is 11.7 Å². The first kappa shape index (κ1) is 16.4. The largest absolute Gasteiger partial charge is 0.347 e. The van der Waals surface area contributed by atoms with Gasteiger partial charge in [0.15, 0.2) is 0 Å². The topological polar surface area (TPSA) is 107 Å². The second-order valence-corrected chi connectivity index (χ2v) is 6.54. The molecule has 1 aliphatic rings. The molecule has 9 heteroatoms. The highest BCUT2D eigenvalue weighted by Gasteiger charge is 2.25. The number of carbonyl (C=O) groups excluding carboxylic acids is 1. The van der Waals surface area contributed by atoms with E-state index in [0.717, 1.165) is 29.9 Å². The van der Waals surface area contributed by atoms with E-state index >= 15 is 0 Å². The molecule has 0 bridgehead atoms. The number of amides is 1. The lowest BCUT2D eigenvalue weighted by atomic mass is 10.3. The lowest BCUT2D eigenvalue weighted by Gasteiger charge is -2.07. The Morgan fingerprint density at radius 2 is 2.04 bits per heavy atom. The number of nitrogens with zero attached hydrogens (tertiary/aromatic N) is 6. The number of aryl methyl sites for hydroxylation is 2. The Kier molecular flexibility index (Phi) is 3.98. The number of rotatable bonds is 5. The zero-order chi connectivity index (χ0) is 18.3. The van der Waals surface area contributed by atoms with E-state index in [1.54, 1.807) is 6.07 Å². The molecule has 0 saturated heterocycles. The first-order valence-corrected chi connectivity index (χ1v) is 8.58. The van der Waals surface area contributed by atoms with Crippen molar-refractivity contribution in [3.05, 3.63) is 51.5 Å². The van der Waals surface area contributed by atoms with Crippen molar-refractivity contribution in [3.8, 4) is 0 Å². The number of carbonyl (C=O) groups is 1. The van der Waals surface area contributed by atoms with Crippen LogP contribution in [0.15, 0.2) is 23.0 Å². The van der Waals surface area contributed by atoms with Gasteiger partial charge in [-0.2, -0.15) is 10.1 Å². The summed E-state index contributed by atoms with van der Waals surface area (Å²) >= 11 is 0. The lowest BCUT2D eigenvalue weighted by molar-refractivity contribution is 0.0941. The van der Waals surface area contributed by atoms with Crippen LogP contribution in [-0.2, 0) is 6.54 Å². The SMILES string of the molecule is Cc1cc(C)n2nc(C(=O)NCCn3nc(C4CC4)ccc3=O)nc2n1. The average molecular weight is 353 g/mol. The van der Waals surface area contributed by atoms with Crippen molar-refractivity contribution in [3.63, 3.8) is 0 Å². The van der Waals surface area contributed by atoms with Gasteiger partial charge in [-0.15, -0.1) is 5.10 Å². The van der Waals surface area contributed by atoms with E-state index in [-0.39, 0.29) is 17.9 Å². The fourth-order valence-electron chi connectivity index (χ4n) is 2.84. The monoisotopic (exact) mass is 353 g/mol. The van der Waals surface area contributed by atoms with Crippen molar-refractivity contribution in [2.45, 2.75) is 39.2 Å². The summed E-state index contributed by atoms with van der Waals surface area (Å²) in [7, 11) is 0. The average Bonchev–Trinajstić information content (AvgIpc) is 3.35. The fraction of sp³-hybridized carbons (Fsp3) is 0.412. The minimum atomic E-state index is -0.404. The third-order valence-electron chi connectivity index (χ3n) is 4.31. The van der Waals surface area contributed by atoms with Crippen LogP contribution in [0.1, 0.15) is 46.5 Å². The molecule has 0 atom stereocenters. The molecule has 134 valence electrons. The van der Waals surface area contributed by atoms with Crippen molar-refractivity contribution in [2.75, 3.05) is 6.54 Å². The third-order valence-corrected chi connectivity index (χ3v) is 4.31. The summed E-state index contributed by atoms with van der Waals surface area (Å²) in [6.45, 7) is 4.31. The molecule has 4 rings (SSSR count). The van der Waals surface area contributed by atoms with Gasteiger partial charge in [0.25, 0.3) is 17.2 Å². The van der Waals surface area contributed by atoms with Crippen LogP contribution in [0.5, 0.6) is 0 Å². The fourth-order valence-corrected chi connectivity index (χ4v) is 2.84. The molecule has 9 nitrogen and oxygen atoms in total. The van der Waals surface area contributed by atoms with E-state index < -0.39 is 5.91 Å². The first-order chi connectivity index (χ1) is 12.5. The van der Waals surface area contributed by atoms with Gasteiger partial charge >= 0.3 is 0 Å². The van der Waals surface area contributed by atoms with E-state index in [1.165, 1.54) is 15.3 Å². The van der Waals surface area contributed by atoms with Crippen LogP contribution in [0.25, 0.3) is 5.78 Å². The van der Waals surface area contributed by atoms with Crippen molar-refractivity contribution in [2.24, 2.45) is 0 Å². The molecule has 1 fully saturated rings. The summed E-state index contributed by atoms with van der Waals surface area (Å²) in [6, 6.07) is 5.18. The quantitative estimate of drug-likeness (QED) is 0.720. The molecule has 3 aromatic heterocycles. The van der Waals surface area contributed by atoms with E-state index in [0.29, 0.717) is 18.2 Å². The summed E-state index contributed by atoms with van der Waals surface area (Å²) < 4.78 is 2.92. The minimum absolute atomic E-state index is 0.0539. The molecular formula is C17H19N7O2. The molecule has 3 heterocycles. The summed E-state index contributed by atoms with van der Waals surface area (Å²) in [6.07, 6.45) is 2.24. The maximum absolute atomic E-state index is 12.3. The van der Waals surface area contributed by atoms with E-state index in [9.17, 15) is 9.59 Å². The predicted molar refractivity (Wildman–Crippen MR) is 93.1 cm³/mol. The van der Waals surface area contributed by atoms with Gasteiger partial charge in [0.2, 0.25) is 5.82 Å². The molecule has 3 aromatic rings.